The van der Waals surface area contributed by atoms with Crippen LogP contribution in [0, 0.1) is 5.82 Å². The Balaban J connectivity index is 2.06. The highest BCUT2D eigenvalue weighted by atomic mass is 19.1. The van der Waals surface area contributed by atoms with Gasteiger partial charge < -0.3 is 10.5 Å². The lowest BCUT2D eigenvalue weighted by atomic mass is 9.99. The van der Waals surface area contributed by atoms with Crippen LogP contribution in [0.5, 0.6) is 5.75 Å². The van der Waals surface area contributed by atoms with Gasteiger partial charge in [0, 0.05) is 6.04 Å². The first-order chi connectivity index (χ1) is 9.56. The molecule has 1 atom stereocenters. The van der Waals surface area contributed by atoms with Crippen molar-refractivity contribution in [2.24, 2.45) is 5.73 Å². The third-order valence-corrected chi connectivity index (χ3v) is 3.08. The van der Waals surface area contributed by atoms with Gasteiger partial charge in [0.25, 0.3) is 0 Å². The second kappa shape index (κ2) is 6.53. The molecule has 2 aromatic rings. The summed E-state index contributed by atoms with van der Waals surface area (Å²) in [5.41, 5.74) is 7.76. The molecule has 0 aliphatic carbocycles. The quantitative estimate of drug-likeness (QED) is 0.898. The Morgan fingerprint density at radius 3 is 2.30 bits per heavy atom. The van der Waals surface area contributed by atoms with Crippen molar-refractivity contribution in [2.45, 2.75) is 32.4 Å². The molecule has 0 aliphatic rings. The highest BCUT2D eigenvalue weighted by Crippen LogP contribution is 2.21. The van der Waals surface area contributed by atoms with E-state index in [0.29, 0.717) is 12.0 Å². The average molecular weight is 273 g/mol. The predicted octanol–water partition coefficient (Wildman–Crippen LogP) is 3.86. The summed E-state index contributed by atoms with van der Waals surface area (Å²) in [6.07, 6.45) is 0.629. The maximum Gasteiger partial charge on any atom is 0.126 e. The highest BCUT2D eigenvalue weighted by molar-refractivity contribution is 5.30. The zero-order valence-electron chi connectivity index (χ0n) is 11.8. The van der Waals surface area contributed by atoms with Gasteiger partial charge in [-0.15, -0.1) is 0 Å². The van der Waals surface area contributed by atoms with Crippen molar-refractivity contribution >= 4 is 0 Å². The summed E-state index contributed by atoms with van der Waals surface area (Å²) < 4.78 is 19.2. The minimum atomic E-state index is -0.222. The number of hydrogen-bond acceptors (Lipinski definition) is 2. The van der Waals surface area contributed by atoms with Crippen molar-refractivity contribution < 1.29 is 9.13 Å². The number of benzene rings is 2. The van der Waals surface area contributed by atoms with Gasteiger partial charge in [-0.25, -0.2) is 4.39 Å². The highest BCUT2D eigenvalue weighted by Gasteiger charge is 2.10. The molecule has 2 aromatic carbocycles. The van der Waals surface area contributed by atoms with Gasteiger partial charge in [-0.2, -0.15) is 0 Å². The zero-order valence-corrected chi connectivity index (χ0v) is 11.8. The van der Waals surface area contributed by atoms with Crippen LogP contribution in [-0.2, 0) is 6.42 Å². The fourth-order valence-corrected chi connectivity index (χ4v) is 2.08. The van der Waals surface area contributed by atoms with Crippen molar-refractivity contribution in [3.63, 3.8) is 0 Å². The molecule has 0 fully saturated rings. The van der Waals surface area contributed by atoms with Crippen molar-refractivity contribution in [3.05, 3.63) is 65.5 Å². The van der Waals surface area contributed by atoms with E-state index in [4.69, 9.17) is 10.5 Å². The van der Waals surface area contributed by atoms with Crippen LogP contribution in [0.1, 0.15) is 31.0 Å². The average Bonchev–Trinajstić information content (AvgIpc) is 2.41. The number of halogens is 1. The molecule has 106 valence electrons. The molecular formula is C17H20FNO. The molecule has 3 heteroatoms. The van der Waals surface area contributed by atoms with Crippen LogP contribution < -0.4 is 10.5 Å². The summed E-state index contributed by atoms with van der Waals surface area (Å²) >= 11 is 0. The van der Waals surface area contributed by atoms with E-state index in [1.165, 1.54) is 6.07 Å². The van der Waals surface area contributed by atoms with Gasteiger partial charge in [-0.3, -0.25) is 0 Å². The van der Waals surface area contributed by atoms with Crippen LogP contribution in [0.15, 0.2) is 48.5 Å². The smallest absolute Gasteiger partial charge is 0.126 e. The molecule has 2 N–H and O–H groups in total. The van der Waals surface area contributed by atoms with Crippen LogP contribution in [0.3, 0.4) is 0 Å². The van der Waals surface area contributed by atoms with Crippen LogP contribution >= 0.6 is 0 Å². The Hall–Kier alpha value is -1.87. The molecule has 2 rings (SSSR count). The molecule has 0 saturated heterocycles. The van der Waals surface area contributed by atoms with Crippen molar-refractivity contribution in [2.75, 3.05) is 0 Å². The molecule has 2 nitrogen and oxygen atoms in total. The van der Waals surface area contributed by atoms with E-state index in [0.717, 1.165) is 11.3 Å². The molecule has 0 amide bonds. The van der Waals surface area contributed by atoms with E-state index in [1.807, 2.05) is 44.2 Å². The summed E-state index contributed by atoms with van der Waals surface area (Å²) in [7, 11) is 0. The van der Waals surface area contributed by atoms with Crippen LogP contribution in [0.4, 0.5) is 4.39 Å². The third-order valence-electron chi connectivity index (χ3n) is 3.08. The van der Waals surface area contributed by atoms with Gasteiger partial charge in [0.05, 0.1) is 6.10 Å². The Morgan fingerprint density at radius 1 is 1.05 bits per heavy atom. The van der Waals surface area contributed by atoms with Crippen molar-refractivity contribution in [3.8, 4) is 5.75 Å². The van der Waals surface area contributed by atoms with Crippen molar-refractivity contribution in [1.29, 1.82) is 0 Å². The minimum absolute atomic E-state index is 0.146. The fraction of sp³-hybridized carbons (Fsp3) is 0.294. The van der Waals surface area contributed by atoms with E-state index < -0.39 is 0 Å². The van der Waals surface area contributed by atoms with Gasteiger partial charge in [-0.1, -0.05) is 30.3 Å². The second-order valence-electron chi connectivity index (χ2n) is 5.14. The molecule has 0 spiro atoms. The summed E-state index contributed by atoms with van der Waals surface area (Å²) in [6, 6.07) is 14.2. The number of rotatable bonds is 5. The molecular weight excluding hydrogens is 253 g/mol. The summed E-state index contributed by atoms with van der Waals surface area (Å²) in [4.78, 5) is 0. The standard InChI is InChI=1S/C17H20FNO/c1-12(2)20-15-9-7-13(8-10-15)17(19)11-14-5-3-4-6-16(14)18/h3-10,12,17H,11,19H2,1-2H3. The number of ether oxygens (including phenoxy) is 1. The normalized spacial score (nSPS) is 12.4. The molecule has 20 heavy (non-hydrogen) atoms. The molecule has 0 aliphatic heterocycles. The second-order valence-corrected chi connectivity index (χ2v) is 5.14. The van der Waals surface area contributed by atoms with E-state index >= 15 is 0 Å². The summed E-state index contributed by atoms with van der Waals surface area (Å²) in [5, 5.41) is 0. The summed E-state index contributed by atoms with van der Waals surface area (Å²) in [6.45, 7) is 3.97. The number of hydrogen-bond donors (Lipinski definition) is 1. The Bertz CT molecular complexity index is 551. The maximum absolute atomic E-state index is 13.6. The van der Waals surface area contributed by atoms with Crippen LogP contribution in [0.25, 0.3) is 0 Å². The number of nitrogens with two attached hydrogens (primary N) is 1. The molecule has 0 heterocycles. The minimum Gasteiger partial charge on any atom is -0.491 e. The SMILES string of the molecule is CC(C)Oc1ccc(C(N)Cc2ccccc2F)cc1. The van der Waals surface area contributed by atoms with E-state index in [9.17, 15) is 4.39 Å². The van der Waals surface area contributed by atoms with Gasteiger partial charge in [-0.05, 0) is 49.6 Å². The maximum atomic E-state index is 13.6. The van der Waals surface area contributed by atoms with Gasteiger partial charge in [0.1, 0.15) is 11.6 Å². The Morgan fingerprint density at radius 2 is 1.70 bits per heavy atom. The topological polar surface area (TPSA) is 35.2 Å². The largest absolute Gasteiger partial charge is 0.491 e. The summed E-state index contributed by atoms with van der Waals surface area (Å²) in [5.74, 6) is 0.615. The molecule has 0 bridgehead atoms. The molecule has 0 saturated carbocycles. The lowest BCUT2D eigenvalue weighted by molar-refractivity contribution is 0.242. The first-order valence-electron chi connectivity index (χ1n) is 6.82. The first-order valence-corrected chi connectivity index (χ1v) is 6.82. The van der Waals surface area contributed by atoms with Gasteiger partial charge >= 0.3 is 0 Å². The Labute approximate surface area is 119 Å². The first kappa shape index (κ1) is 14.5. The monoisotopic (exact) mass is 273 g/mol. The van der Waals surface area contributed by atoms with Gasteiger partial charge in [0.15, 0.2) is 0 Å². The van der Waals surface area contributed by atoms with E-state index in [2.05, 4.69) is 0 Å². The third kappa shape index (κ3) is 3.81. The fourth-order valence-electron chi connectivity index (χ4n) is 2.08. The van der Waals surface area contributed by atoms with Crippen LogP contribution in [0.2, 0.25) is 0 Å². The lowest BCUT2D eigenvalue weighted by Gasteiger charge is -2.14. The van der Waals surface area contributed by atoms with E-state index in [1.54, 1.807) is 12.1 Å². The Kier molecular flexibility index (Phi) is 4.74. The predicted molar refractivity (Wildman–Crippen MR) is 79.2 cm³/mol. The lowest BCUT2D eigenvalue weighted by Crippen LogP contribution is -2.14. The molecule has 1 unspecified atom stereocenters. The molecule has 0 radical (unpaired) electrons. The van der Waals surface area contributed by atoms with Crippen LogP contribution in [-0.4, -0.2) is 6.10 Å². The van der Waals surface area contributed by atoms with Gasteiger partial charge in [0.2, 0.25) is 0 Å². The molecule has 0 aromatic heterocycles. The van der Waals surface area contributed by atoms with E-state index in [-0.39, 0.29) is 18.0 Å². The van der Waals surface area contributed by atoms with Crippen molar-refractivity contribution in [1.82, 2.24) is 0 Å². The zero-order chi connectivity index (χ0) is 14.5.